The number of nitrogens with zero attached hydrogens (tertiary/aromatic N) is 3. The summed E-state index contributed by atoms with van der Waals surface area (Å²) in [6.07, 6.45) is 0. The molecule has 6 nitrogen and oxygen atoms in total. The van der Waals surface area contributed by atoms with Crippen LogP contribution in [0.15, 0.2) is 0 Å². The Balaban J connectivity index is 1.51. The molecule has 4 aliphatic heterocycles. The first-order valence-electron chi connectivity index (χ1n) is 7.60. The average molecular weight is 281 g/mol. The van der Waals surface area contributed by atoms with Crippen LogP contribution in [0.2, 0.25) is 0 Å². The van der Waals surface area contributed by atoms with Crippen LogP contribution < -0.4 is 0 Å². The second kappa shape index (κ2) is 4.66. The van der Waals surface area contributed by atoms with Crippen LogP contribution in [-0.4, -0.2) is 97.4 Å². The maximum absolute atomic E-state index is 11.8. The van der Waals surface area contributed by atoms with Crippen molar-refractivity contribution in [3.05, 3.63) is 0 Å². The number of hydrogen-bond acceptors (Lipinski definition) is 5. The highest BCUT2D eigenvalue weighted by atomic mass is 16.5. The minimum Gasteiger partial charge on any atom is -0.378 e. The Bertz CT molecular complexity index is 406. The van der Waals surface area contributed by atoms with Crippen molar-refractivity contribution in [3.8, 4) is 0 Å². The molecule has 0 radical (unpaired) electrons. The molecule has 0 aromatic carbocycles. The highest BCUT2D eigenvalue weighted by molar-refractivity contribution is 5.73. The van der Waals surface area contributed by atoms with Crippen molar-refractivity contribution >= 4 is 5.91 Å². The monoisotopic (exact) mass is 281 g/mol. The third-order valence-electron chi connectivity index (χ3n) is 5.33. The summed E-state index contributed by atoms with van der Waals surface area (Å²) in [7, 11) is 0. The zero-order valence-corrected chi connectivity index (χ0v) is 12.1. The Kier molecular flexibility index (Phi) is 3.03. The van der Waals surface area contributed by atoms with Crippen LogP contribution in [0.1, 0.15) is 6.92 Å². The smallest absolute Gasteiger partial charge is 0.219 e. The van der Waals surface area contributed by atoms with Gasteiger partial charge >= 0.3 is 0 Å². The van der Waals surface area contributed by atoms with E-state index in [2.05, 4.69) is 9.80 Å². The van der Waals surface area contributed by atoms with Crippen LogP contribution in [0.5, 0.6) is 0 Å². The van der Waals surface area contributed by atoms with E-state index in [1.807, 2.05) is 4.90 Å². The van der Waals surface area contributed by atoms with Crippen LogP contribution in [0, 0.1) is 0 Å². The Labute approximate surface area is 119 Å². The molecule has 4 heterocycles. The summed E-state index contributed by atoms with van der Waals surface area (Å²) >= 11 is 0. The van der Waals surface area contributed by atoms with E-state index >= 15 is 0 Å². The lowest BCUT2D eigenvalue weighted by Gasteiger charge is -2.65. The lowest BCUT2D eigenvalue weighted by Crippen LogP contribution is -2.82. The van der Waals surface area contributed by atoms with Gasteiger partial charge in [0.05, 0.1) is 44.1 Å². The molecule has 0 aliphatic carbocycles. The number of fused-ring (bicyclic) bond motifs is 2. The molecule has 6 heteroatoms. The standard InChI is InChI=1S/C14H23N3O3/c1-11(18)15-4-12-5-19-3-2-17(12)14(8-15)9-16(10-14)13-6-20-7-13/h12-13H,2-10H2,1H3/t12-/m1/s1. The van der Waals surface area contributed by atoms with Gasteiger partial charge in [0.25, 0.3) is 0 Å². The third kappa shape index (κ3) is 1.89. The molecule has 0 saturated carbocycles. The van der Waals surface area contributed by atoms with Crippen LogP contribution in [0.4, 0.5) is 0 Å². The molecule has 112 valence electrons. The van der Waals surface area contributed by atoms with Gasteiger partial charge in [0.1, 0.15) is 0 Å². The molecule has 1 spiro atoms. The highest BCUT2D eigenvalue weighted by Gasteiger charge is 2.56. The number of likely N-dealkylation sites (tertiary alicyclic amines) is 1. The Morgan fingerprint density at radius 2 is 1.85 bits per heavy atom. The first kappa shape index (κ1) is 13.0. The molecule has 4 aliphatic rings. The predicted octanol–water partition coefficient (Wildman–Crippen LogP) is -0.997. The van der Waals surface area contributed by atoms with Gasteiger partial charge in [-0.3, -0.25) is 14.6 Å². The topological polar surface area (TPSA) is 45.2 Å². The van der Waals surface area contributed by atoms with Crippen LogP contribution in [0.3, 0.4) is 0 Å². The van der Waals surface area contributed by atoms with Crippen molar-refractivity contribution in [2.45, 2.75) is 24.5 Å². The molecule has 4 rings (SSSR count). The summed E-state index contributed by atoms with van der Waals surface area (Å²) in [5.74, 6) is 0.194. The molecule has 0 unspecified atom stereocenters. The zero-order chi connectivity index (χ0) is 13.7. The van der Waals surface area contributed by atoms with Gasteiger partial charge in [-0.25, -0.2) is 0 Å². The van der Waals surface area contributed by atoms with E-state index in [0.717, 1.165) is 59.2 Å². The van der Waals surface area contributed by atoms with Gasteiger partial charge in [-0.15, -0.1) is 0 Å². The Morgan fingerprint density at radius 3 is 2.50 bits per heavy atom. The molecular formula is C14H23N3O3. The molecular weight excluding hydrogens is 258 g/mol. The fourth-order valence-corrected chi connectivity index (χ4v) is 4.12. The third-order valence-corrected chi connectivity index (χ3v) is 5.33. The fraction of sp³-hybridized carbons (Fsp3) is 0.929. The van der Waals surface area contributed by atoms with E-state index in [9.17, 15) is 4.79 Å². The molecule has 4 fully saturated rings. The van der Waals surface area contributed by atoms with Crippen molar-refractivity contribution < 1.29 is 14.3 Å². The van der Waals surface area contributed by atoms with Crippen LogP contribution in [-0.2, 0) is 14.3 Å². The molecule has 1 amide bonds. The van der Waals surface area contributed by atoms with Crippen molar-refractivity contribution in [2.24, 2.45) is 0 Å². The molecule has 0 aromatic rings. The summed E-state index contributed by atoms with van der Waals surface area (Å²) in [6, 6.07) is 0.981. The molecule has 0 bridgehead atoms. The summed E-state index contributed by atoms with van der Waals surface area (Å²) in [4.78, 5) is 19.0. The van der Waals surface area contributed by atoms with E-state index in [1.165, 1.54) is 0 Å². The number of morpholine rings is 1. The number of ether oxygens (including phenoxy) is 2. The fourth-order valence-electron chi connectivity index (χ4n) is 4.12. The van der Waals surface area contributed by atoms with Gasteiger partial charge in [-0.2, -0.15) is 0 Å². The quantitative estimate of drug-likeness (QED) is 0.617. The maximum atomic E-state index is 11.8. The minimum atomic E-state index is 0.161. The van der Waals surface area contributed by atoms with Crippen LogP contribution in [0.25, 0.3) is 0 Å². The number of carbonyl (C=O) groups excluding carboxylic acids is 1. The lowest BCUT2D eigenvalue weighted by atomic mass is 9.81. The van der Waals surface area contributed by atoms with Gasteiger partial charge in [0, 0.05) is 39.6 Å². The van der Waals surface area contributed by atoms with E-state index in [-0.39, 0.29) is 11.4 Å². The van der Waals surface area contributed by atoms with Crippen molar-refractivity contribution in [1.29, 1.82) is 0 Å². The van der Waals surface area contributed by atoms with Gasteiger partial charge < -0.3 is 14.4 Å². The summed E-state index contributed by atoms with van der Waals surface area (Å²) < 4.78 is 10.9. The Hall–Kier alpha value is -0.690. The largest absolute Gasteiger partial charge is 0.378 e. The zero-order valence-electron chi connectivity index (χ0n) is 12.1. The SMILES string of the molecule is CC(=O)N1C[C@@H]2COCCN2C2(C1)CN(C1COC1)C2. The number of carbonyl (C=O) groups is 1. The first-order chi connectivity index (χ1) is 9.68. The van der Waals surface area contributed by atoms with E-state index < -0.39 is 0 Å². The van der Waals surface area contributed by atoms with E-state index in [0.29, 0.717) is 12.1 Å². The lowest BCUT2D eigenvalue weighted by molar-refractivity contribution is -0.198. The minimum absolute atomic E-state index is 0.161. The maximum Gasteiger partial charge on any atom is 0.219 e. The summed E-state index contributed by atoms with van der Waals surface area (Å²) in [6.45, 7) is 9.87. The first-order valence-corrected chi connectivity index (χ1v) is 7.60. The van der Waals surface area contributed by atoms with Gasteiger partial charge in [0.15, 0.2) is 0 Å². The normalized spacial score (nSPS) is 34.5. The summed E-state index contributed by atoms with van der Waals surface area (Å²) in [5.41, 5.74) is 0.161. The van der Waals surface area contributed by atoms with Gasteiger partial charge in [-0.05, 0) is 0 Å². The second-order valence-corrected chi connectivity index (χ2v) is 6.64. The van der Waals surface area contributed by atoms with E-state index in [4.69, 9.17) is 9.47 Å². The van der Waals surface area contributed by atoms with Crippen molar-refractivity contribution in [1.82, 2.24) is 14.7 Å². The molecule has 0 aromatic heterocycles. The van der Waals surface area contributed by atoms with Gasteiger partial charge in [0.2, 0.25) is 5.91 Å². The second-order valence-electron chi connectivity index (χ2n) is 6.64. The van der Waals surface area contributed by atoms with Crippen molar-refractivity contribution in [2.75, 3.05) is 59.2 Å². The molecule has 1 atom stereocenters. The number of amides is 1. The molecule has 20 heavy (non-hydrogen) atoms. The average Bonchev–Trinajstić information content (AvgIpc) is 2.34. The highest BCUT2D eigenvalue weighted by Crippen LogP contribution is 2.37. The Morgan fingerprint density at radius 1 is 1.10 bits per heavy atom. The number of piperazine rings is 1. The number of hydrogen-bond donors (Lipinski definition) is 0. The molecule has 4 saturated heterocycles. The van der Waals surface area contributed by atoms with Crippen molar-refractivity contribution in [3.63, 3.8) is 0 Å². The summed E-state index contributed by atoms with van der Waals surface area (Å²) in [5, 5.41) is 0. The predicted molar refractivity (Wildman–Crippen MR) is 72.5 cm³/mol. The van der Waals surface area contributed by atoms with Crippen LogP contribution >= 0.6 is 0 Å². The number of rotatable bonds is 1. The van der Waals surface area contributed by atoms with E-state index in [1.54, 1.807) is 6.92 Å². The van der Waals surface area contributed by atoms with Gasteiger partial charge in [-0.1, -0.05) is 0 Å². The molecule has 0 N–H and O–H groups in total.